The Hall–Kier alpha value is -2.19. The van der Waals surface area contributed by atoms with E-state index in [1.165, 1.54) is 16.7 Å². The van der Waals surface area contributed by atoms with Crippen molar-refractivity contribution in [1.82, 2.24) is 4.90 Å². The second kappa shape index (κ2) is 10.2. The number of benzene rings is 2. The number of hydrogen-bond acceptors (Lipinski definition) is 2. The first kappa shape index (κ1) is 21.1. The smallest absolute Gasteiger partial charge is 0.163 e. The van der Waals surface area contributed by atoms with Gasteiger partial charge in [-0.15, -0.1) is 0 Å². The molecular formula is C25H33NO. The van der Waals surface area contributed by atoms with Crippen LogP contribution < -0.4 is 0 Å². The molecule has 2 nitrogen and oxygen atoms in total. The van der Waals surface area contributed by atoms with Crippen LogP contribution in [0.15, 0.2) is 60.2 Å². The van der Waals surface area contributed by atoms with Crippen LogP contribution in [0.3, 0.4) is 0 Å². The van der Waals surface area contributed by atoms with Gasteiger partial charge < -0.3 is 4.90 Å². The maximum Gasteiger partial charge on any atom is 0.163 e. The van der Waals surface area contributed by atoms with Gasteiger partial charge >= 0.3 is 0 Å². The molecule has 0 aliphatic rings. The minimum absolute atomic E-state index is 0.243. The molecule has 1 atom stereocenters. The van der Waals surface area contributed by atoms with Crippen molar-refractivity contribution in [2.45, 2.75) is 46.6 Å². The molecule has 0 aliphatic heterocycles. The molecule has 27 heavy (non-hydrogen) atoms. The van der Waals surface area contributed by atoms with E-state index in [0.717, 1.165) is 30.5 Å². The van der Waals surface area contributed by atoms with Crippen LogP contribution >= 0.6 is 0 Å². The molecule has 0 spiro atoms. The summed E-state index contributed by atoms with van der Waals surface area (Å²) >= 11 is 0. The van der Waals surface area contributed by atoms with Crippen molar-refractivity contribution in [3.05, 3.63) is 71.3 Å². The van der Waals surface area contributed by atoms with Gasteiger partial charge in [-0.05, 0) is 63.4 Å². The Labute approximate surface area is 164 Å². The first-order valence-corrected chi connectivity index (χ1v) is 9.86. The Bertz CT molecular complexity index is 750. The molecule has 144 valence electrons. The highest BCUT2D eigenvalue weighted by atomic mass is 16.1. The lowest BCUT2D eigenvalue weighted by Gasteiger charge is -2.11. The molecule has 2 aromatic rings. The highest BCUT2D eigenvalue weighted by Gasteiger charge is 2.11. The molecule has 0 saturated carbocycles. The maximum absolute atomic E-state index is 12.5. The zero-order valence-electron chi connectivity index (χ0n) is 17.5. The molecule has 0 N–H and O–H groups in total. The highest BCUT2D eigenvalue weighted by molar-refractivity contribution is 5.96. The summed E-state index contributed by atoms with van der Waals surface area (Å²) in [5.74, 6) is 0.657. The monoisotopic (exact) mass is 363 g/mol. The van der Waals surface area contributed by atoms with Gasteiger partial charge in [-0.1, -0.05) is 67.1 Å². The largest absolute Gasteiger partial charge is 0.305 e. The van der Waals surface area contributed by atoms with Crippen molar-refractivity contribution in [2.75, 3.05) is 14.1 Å². The number of carbonyl (C=O) groups excluding carboxylic acids is 1. The summed E-state index contributed by atoms with van der Waals surface area (Å²) in [4.78, 5) is 14.7. The van der Waals surface area contributed by atoms with E-state index in [-0.39, 0.29) is 5.78 Å². The van der Waals surface area contributed by atoms with E-state index < -0.39 is 0 Å². The molecule has 1 unspecified atom stereocenters. The van der Waals surface area contributed by atoms with Crippen LogP contribution in [0.4, 0.5) is 0 Å². The van der Waals surface area contributed by atoms with E-state index in [1.54, 1.807) is 0 Å². The Morgan fingerprint density at radius 3 is 2.04 bits per heavy atom. The third-order valence-corrected chi connectivity index (χ3v) is 4.74. The van der Waals surface area contributed by atoms with Gasteiger partial charge in [-0.25, -0.2) is 0 Å². The number of carbonyl (C=O) groups is 1. The maximum atomic E-state index is 12.5. The SMILES string of the molecule is CC(C)=CCCC(C)CC(=O)c1ccc(-c2ccc(CN(C)C)cc2)cc1. The average molecular weight is 364 g/mol. The van der Waals surface area contributed by atoms with Crippen LogP contribution in [-0.2, 0) is 6.54 Å². The fraction of sp³-hybridized carbons (Fsp3) is 0.400. The van der Waals surface area contributed by atoms with E-state index >= 15 is 0 Å². The van der Waals surface area contributed by atoms with E-state index in [9.17, 15) is 4.79 Å². The van der Waals surface area contributed by atoms with Crippen LogP contribution in [0.1, 0.15) is 56.0 Å². The molecule has 0 bridgehead atoms. The Morgan fingerprint density at radius 1 is 0.963 bits per heavy atom. The van der Waals surface area contributed by atoms with Gasteiger partial charge in [0, 0.05) is 18.5 Å². The summed E-state index contributed by atoms with van der Waals surface area (Å²) in [5, 5.41) is 0. The van der Waals surface area contributed by atoms with E-state index in [2.05, 4.69) is 82.2 Å². The first-order chi connectivity index (χ1) is 12.8. The first-order valence-electron chi connectivity index (χ1n) is 9.86. The average Bonchev–Trinajstić information content (AvgIpc) is 2.61. The Balaban J connectivity index is 1.95. The molecule has 2 heteroatoms. The van der Waals surface area contributed by atoms with Crippen molar-refractivity contribution in [2.24, 2.45) is 5.92 Å². The molecule has 0 saturated heterocycles. The Morgan fingerprint density at radius 2 is 1.52 bits per heavy atom. The van der Waals surface area contributed by atoms with E-state index in [4.69, 9.17) is 0 Å². The minimum Gasteiger partial charge on any atom is -0.305 e. The molecule has 0 aromatic heterocycles. The Kier molecular flexibility index (Phi) is 7.99. The van der Waals surface area contributed by atoms with Crippen molar-refractivity contribution >= 4 is 5.78 Å². The minimum atomic E-state index is 0.243. The van der Waals surface area contributed by atoms with Crippen LogP contribution in [-0.4, -0.2) is 24.8 Å². The van der Waals surface area contributed by atoms with Gasteiger partial charge in [-0.3, -0.25) is 4.79 Å². The third-order valence-electron chi connectivity index (χ3n) is 4.74. The second-order valence-electron chi connectivity index (χ2n) is 8.10. The normalized spacial score (nSPS) is 12.1. The molecule has 2 aromatic carbocycles. The second-order valence-corrected chi connectivity index (χ2v) is 8.10. The van der Waals surface area contributed by atoms with Gasteiger partial charge in [0.05, 0.1) is 0 Å². The molecule has 2 rings (SSSR count). The summed E-state index contributed by atoms with van der Waals surface area (Å²) in [6.45, 7) is 7.35. The predicted octanol–water partition coefficient (Wildman–Crippen LogP) is 6.37. The molecule has 0 fully saturated rings. The summed E-state index contributed by atoms with van der Waals surface area (Å²) in [7, 11) is 4.15. The quantitative estimate of drug-likeness (QED) is 0.381. The predicted molar refractivity (Wildman–Crippen MR) is 116 cm³/mol. The lowest BCUT2D eigenvalue weighted by Crippen LogP contribution is -2.10. The van der Waals surface area contributed by atoms with Gasteiger partial charge in [0.15, 0.2) is 5.78 Å². The lowest BCUT2D eigenvalue weighted by atomic mass is 9.94. The number of hydrogen-bond donors (Lipinski definition) is 0. The number of allylic oxidation sites excluding steroid dienone is 2. The lowest BCUT2D eigenvalue weighted by molar-refractivity contribution is 0.0963. The van der Waals surface area contributed by atoms with Crippen LogP contribution in [0.2, 0.25) is 0 Å². The number of Topliss-reactive ketones (excluding diaryl/α,β-unsaturated/α-hetero) is 1. The highest BCUT2D eigenvalue weighted by Crippen LogP contribution is 2.22. The zero-order valence-corrected chi connectivity index (χ0v) is 17.5. The van der Waals surface area contributed by atoms with Gasteiger partial charge in [0.1, 0.15) is 0 Å². The van der Waals surface area contributed by atoms with Crippen LogP contribution in [0, 0.1) is 5.92 Å². The van der Waals surface area contributed by atoms with Gasteiger partial charge in [-0.2, -0.15) is 0 Å². The zero-order chi connectivity index (χ0) is 19.8. The molecular weight excluding hydrogens is 330 g/mol. The topological polar surface area (TPSA) is 20.3 Å². The fourth-order valence-corrected chi connectivity index (χ4v) is 3.21. The van der Waals surface area contributed by atoms with Crippen molar-refractivity contribution < 1.29 is 4.79 Å². The molecule has 0 aliphatic carbocycles. The van der Waals surface area contributed by atoms with E-state index in [0.29, 0.717) is 12.3 Å². The van der Waals surface area contributed by atoms with Crippen molar-refractivity contribution in [3.8, 4) is 11.1 Å². The number of rotatable bonds is 9. The van der Waals surface area contributed by atoms with Gasteiger partial charge in [0.25, 0.3) is 0 Å². The summed E-state index contributed by atoms with van der Waals surface area (Å²) in [6.07, 6.45) is 4.99. The van der Waals surface area contributed by atoms with Crippen molar-refractivity contribution in [3.63, 3.8) is 0 Å². The number of ketones is 1. The summed E-state index contributed by atoms with van der Waals surface area (Å²) in [6, 6.07) is 16.7. The van der Waals surface area contributed by atoms with Gasteiger partial charge in [0.2, 0.25) is 0 Å². The third kappa shape index (κ3) is 7.15. The van der Waals surface area contributed by atoms with Crippen molar-refractivity contribution in [1.29, 1.82) is 0 Å². The standard InChI is InChI=1S/C25H33NO/c1-19(2)7-6-8-20(3)17-25(27)24-15-13-23(14-16-24)22-11-9-21(10-12-22)18-26(4)5/h7,9-16,20H,6,8,17-18H2,1-5H3. The summed E-state index contributed by atoms with van der Waals surface area (Å²) < 4.78 is 0. The fourth-order valence-electron chi connectivity index (χ4n) is 3.21. The molecule has 0 heterocycles. The summed E-state index contributed by atoms with van der Waals surface area (Å²) in [5.41, 5.74) is 5.81. The number of nitrogens with zero attached hydrogens (tertiary/aromatic N) is 1. The molecule has 0 amide bonds. The van der Waals surface area contributed by atoms with E-state index in [1.807, 2.05) is 12.1 Å². The van der Waals surface area contributed by atoms with Crippen LogP contribution in [0.5, 0.6) is 0 Å². The van der Waals surface area contributed by atoms with Crippen LogP contribution in [0.25, 0.3) is 11.1 Å². The molecule has 0 radical (unpaired) electrons.